The lowest BCUT2D eigenvalue weighted by molar-refractivity contribution is -0.120. The Kier molecular flexibility index (Phi) is 3.98. The second-order valence-corrected chi connectivity index (χ2v) is 6.34. The largest absolute Gasteiger partial charge is 0.323 e. The summed E-state index contributed by atoms with van der Waals surface area (Å²) in [6, 6.07) is 6.50. The van der Waals surface area contributed by atoms with E-state index < -0.39 is 21.5 Å². The van der Waals surface area contributed by atoms with E-state index in [0.717, 1.165) is 6.26 Å². The fourth-order valence-corrected chi connectivity index (χ4v) is 1.74. The Hall–Kier alpha value is -1.60. The molecular formula is C11H17N3O3S. The molecule has 0 saturated carbocycles. The first-order valence-corrected chi connectivity index (χ1v) is 7.16. The van der Waals surface area contributed by atoms with Crippen molar-refractivity contribution in [2.75, 3.05) is 16.3 Å². The van der Waals surface area contributed by atoms with Crippen LogP contribution in [-0.4, -0.2) is 26.1 Å². The first-order valence-electron chi connectivity index (χ1n) is 5.27. The summed E-state index contributed by atoms with van der Waals surface area (Å²) in [5.41, 5.74) is 5.28. The second-order valence-electron chi connectivity index (χ2n) is 4.60. The predicted octanol–water partition coefficient (Wildman–Crippen LogP) is 0.734. The minimum absolute atomic E-state index is 0.303. The number of hydrogen-bond acceptors (Lipinski definition) is 4. The summed E-state index contributed by atoms with van der Waals surface area (Å²) >= 11 is 0. The van der Waals surface area contributed by atoms with Crippen LogP contribution in [-0.2, 0) is 14.8 Å². The van der Waals surface area contributed by atoms with Crippen LogP contribution in [0.5, 0.6) is 0 Å². The normalized spacial score (nSPS) is 12.0. The molecule has 1 aromatic carbocycles. The Labute approximate surface area is 107 Å². The van der Waals surface area contributed by atoms with Crippen molar-refractivity contribution in [3.05, 3.63) is 24.3 Å². The molecule has 1 aromatic rings. The van der Waals surface area contributed by atoms with Gasteiger partial charge in [0, 0.05) is 0 Å². The molecule has 100 valence electrons. The van der Waals surface area contributed by atoms with Crippen LogP contribution < -0.4 is 15.8 Å². The molecule has 0 fully saturated rings. The molecule has 0 saturated heterocycles. The van der Waals surface area contributed by atoms with Crippen LogP contribution in [0.1, 0.15) is 13.8 Å². The van der Waals surface area contributed by atoms with Crippen LogP contribution in [0, 0.1) is 0 Å². The van der Waals surface area contributed by atoms with Gasteiger partial charge in [-0.25, -0.2) is 8.42 Å². The number of nitrogens with one attached hydrogen (secondary N) is 2. The minimum Gasteiger partial charge on any atom is -0.323 e. The van der Waals surface area contributed by atoms with Crippen molar-refractivity contribution in [3.63, 3.8) is 0 Å². The monoisotopic (exact) mass is 271 g/mol. The summed E-state index contributed by atoms with van der Waals surface area (Å²) < 4.78 is 24.7. The molecule has 0 unspecified atom stereocenters. The third-order valence-corrected chi connectivity index (χ3v) is 2.65. The number of sulfonamides is 1. The zero-order valence-corrected chi connectivity index (χ0v) is 11.3. The SMILES string of the molecule is CC(C)(N)C(=O)Nc1ccccc1NS(C)(=O)=O. The van der Waals surface area contributed by atoms with Gasteiger partial charge in [0.1, 0.15) is 0 Å². The summed E-state index contributed by atoms with van der Waals surface area (Å²) in [7, 11) is -3.40. The van der Waals surface area contributed by atoms with Gasteiger partial charge in [-0.3, -0.25) is 9.52 Å². The molecule has 0 bridgehead atoms. The fraction of sp³-hybridized carbons (Fsp3) is 0.364. The van der Waals surface area contributed by atoms with E-state index in [0.29, 0.717) is 11.4 Å². The highest BCUT2D eigenvalue weighted by Gasteiger charge is 2.22. The average Bonchev–Trinajstić information content (AvgIpc) is 2.17. The van der Waals surface area contributed by atoms with Crippen molar-refractivity contribution in [1.29, 1.82) is 0 Å². The Balaban J connectivity index is 3.00. The van der Waals surface area contributed by atoms with Gasteiger partial charge in [0.15, 0.2) is 0 Å². The maximum absolute atomic E-state index is 11.7. The van der Waals surface area contributed by atoms with Crippen molar-refractivity contribution >= 4 is 27.3 Å². The summed E-state index contributed by atoms with van der Waals surface area (Å²) in [5, 5.41) is 2.58. The molecular weight excluding hydrogens is 254 g/mol. The third-order valence-electron chi connectivity index (χ3n) is 2.06. The van der Waals surface area contributed by atoms with Gasteiger partial charge in [-0.15, -0.1) is 0 Å². The lowest BCUT2D eigenvalue weighted by atomic mass is 10.1. The van der Waals surface area contributed by atoms with Gasteiger partial charge in [0.05, 0.1) is 23.2 Å². The van der Waals surface area contributed by atoms with Gasteiger partial charge in [-0.2, -0.15) is 0 Å². The van der Waals surface area contributed by atoms with Crippen molar-refractivity contribution in [1.82, 2.24) is 0 Å². The number of benzene rings is 1. The van der Waals surface area contributed by atoms with Gasteiger partial charge >= 0.3 is 0 Å². The Morgan fingerprint density at radius 1 is 1.22 bits per heavy atom. The molecule has 6 nitrogen and oxygen atoms in total. The second kappa shape index (κ2) is 4.95. The maximum Gasteiger partial charge on any atom is 0.243 e. The van der Waals surface area contributed by atoms with Gasteiger partial charge in [0.25, 0.3) is 0 Å². The first-order chi connectivity index (χ1) is 8.09. The molecule has 0 aromatic heterocycles. The van der Waals surface area contributed by atoms with E-state index in [9.17, 15) is 13.2 Å². The molecule has 7 heteroatoms. The highest BCUT2D eigenvalue weighted by atomic mass is 32.2. The molecule has 1 amide bonds. The molecule has 4 N–H and O–H groups in total. The number of amides is 1. The van der Waals surface area contributed by atoms with Crippen molar-refractivity contribution in [2.24, 2.45) is 5.73 Å². The lowest BCUT2D eigenvalue weighted by Crippen LogP contribution is -2.45. The van der Waals surface area contributed by atoms with Crippen LogP contribution in [0.3, 0.4) is 0 Å². The van der Waals surface area contributed by atoms with E-state index in [1.807, 2.05) is 0 Å². The number of para-hydroxylation sites is 2. The van der Waals surface area contributed by atoms with Crippen LogP contribution in [0.25, 0.3) is 0 Å². The zero-order valence-electron chi connectivity index (χ0n) is 10.5. The molecule has 0 heterocycles. The van der Waals surface area contributed by atoms with E-state index in [1.165, 1.54) is 0 Å². The van der Waals surface area contributed by atoms with Crippen molar-refractivity contribution < 1.29 is 13.2 Å². The number of nitrogens with two attached hydrogens (primary N) is 1. The van der Waals surface area contributed by atoms with Gasteiger partial charge in [-0.05, 0) is 26.0 Å². The minimum atomic E-state index is -3.40. The maximum atomic E-state index is 11.7. The van der Waals surface area contributed by atoms with E-state index in [2.05, 4.69) is 10.0 Å². The average molecular weight is 271 g/mol. The topological polar surface area (TPSA) is 101 Å². The number of anilines is 2. The highest BCUT2D eigenvalue weighted by Crippen LogP contribution is 2.22. The van der Waals surface area contributed by atoms with Crippen molar-refractivity contribution in [2.45, 2.75) is 19.4 Å². The number of carbonyl (C=O) groups is 1. The summed E-state index contributed by atoms with van der Waals surface area (Å²) in [5.74, 6) is -0.398. The Bertz CT molecular complexity index is 547. The molecule has 18 heavy (non-hydrogen) atoms. The van der Waals surface area contributed by atoms with E-state index >= 15 is 0 Å². The van der Waals surface area contributed by atoms with Gasteiger partial charge in [-0.1, -0.05) is 12.1 Å². The summed E-state index contributed by atoms with van der Waals surface area (Å²) in [4.78, 5) is 11.7. The number of hydrogen-bond donors (Lipinski definition) is 3. The molecule has 0 aliphatic carbocycles. The van der Waals surface area contributed by atoms with Gasteiger partial charge in [0.2, 0.25) is 15.9 Å². The van der Waals surface area contributed by atoms with E-state index in [1.54, 1.807) is 38.1 Å². The lowest BCUT2D eigenvalue weighted by Gasteiger charge is -2.19. The van der Waals surface area contributed by atoms with Crippen molar-refractivity contribution in [3.8, 4) is 0 Å². The molecule has 0 atom stereocenters. The van der Waals surface area contributed by atoms with Crippen LogP contribution in [0.2, 0.25) is 0 Å². The number of rotatable bonds is 4. The van der Waals surface area contributed by atoms with Crippen LogP contribution in [0.4, 0.5) is 11.4 Å². The molecule has 1 rings (SSSR count). The smallest absolute Gasteiger partial charge is 0.243 e. The van der Waals surface area contributed by atoms with E-state index in [4.69, 9.17) is 5.73 Å². The highest BCUT2D eigenvalue weighted by molar-refractivity contribution is 7.92. The predicted molar refractivity (Wildman–Crippen MR) is 71.8 cm³/mol. The third kappa shape index (κ3) is 4.34. The standard InChI is InChI=1S/C11H17N3O3S/c1-11(2,12)10(15)13-8-6-4-5-7-9(8)14-18(3,16)17/h4-7,14H,12H2,1-3H3,(H,13,15). The molecule has 0 spiro atoms. The fourth-order valence-electron chi connectivity index (χ4n) is 1.16. The molecule has 0 aliphatic heterocycles. The van der Waals surface area contributed by atoms with Gasteiger partial charge < -0.3 is 11.1 Å². The van der Waals surface area contributed by atoms with Crippen LogP contribution >= 0.6 is 0 Å². The Morgan fingerprint density at radius 3 is 2.17 bits per heavy atom. The molecule has 0 aliphatic rings. The van der Waals surface area contributed by atoms with E-state index in [-0.39, 0.29) is 0 Å². The zero-order chi connectivity index (χ0) is 14.0. The Morgan fingerprint density at radius 2 is 1.72 bits per heavy atom. The summed E-state index contributed by atoms with van der Waals surface area (Å²) in [6.45, 7) is 3.13. The quantitative estimate of drug-likeness (QED) is 0.751. The number of carbonyl (C=O) groups excluding carboxylic acids is 1. The summed E-state index contributed by atoms with van der Waals surface area (Å²) in [6.07, 6.45) is 1.04. The first kappa shape index (κ1) is 14.5. The molecule has 0 radical (unpaired) electrons. The van der Waals surface area contributed by atoms with Crippen LogP contribution in [0.15, 0.2) is 24.3 Å².